The van der Waals surface area contributed by atoms with E-state index < -0.39 is 67.4 Å². The third kappa shape index (κ3) is 45.8. The van der Waals surface area contributed by atoms with Gasteiger partial charge in [0.1, 0.15) is 24.4 Å². The zero-order chi connectivity index (χ0) is 60.3. The van der Waals surface area contributed by atoms with Gasteiger partial charge in [-0.1, -0.05) is 257 Å². The van der Waals surface area contributed by atoms with Gasteiger partial charge in [-0.3, -0.25) is 9.59 Å². The highest BCUT2D eigenvalue weighted by Gasteiger charge is 2.47. The van der Waals surface area contributed by atoms with E-state index in [0.29, 0.717) is 12.8 Å². The van der Waals surface area contributed by atoms with E-state index >= 15 is 0 Å². The molecule has 0 spiro atoms. The second-order valence-corrected chi connectivity index (χ2v) is 22.1. The highest BCUT2D eigenvalue weighted by Crippen LogP contribution is 2.26. The molecule has 8 atom stereocenters. The Bertz CT molecular complexity index is 1860. The molecule has 1 rings (SSSR count). The summed E-state index contributed by atoms with van der Waals surface area (Å²) in [7, 11) is 0. The molecule has 0 radical (unpaired) electrons. The molecule has 1 amide bonds. The van der Waals surface area contributed by atoms with Crippen molar-refractivity contribution >= 4 is 11.9 Å². The second-order valence-electron chi connectivity index (χ2n) is 22.1. The Morgan fingerprint density at radius 1 is 0.482 bits per heavy atom. The Balaban J connectivity index is 2.63. The SMILES string of the molecule is CC/C=C\C/C=C\C/C=C\C/C=C\C/C=C\CCCCCCCCCCCC(=O)OC1C(OCC(NC(=O)C(O)CCCC/C=C\C/C=C\C/C=C\C/C=C\C/C=C\CC)C(O)/C=C/CCCCCCCCCCC)OC(CO)C(O)C1O. The molecule has 1 heterocycles. The van der Waals surface area contributed by atoms with Crippen LogP contribution < -0.4 is 5.32 Å². The Kier molecular flexibility index (Phi) is 53.9. The van der Waals surface area contributed by atoms with Crippen LogP contribution in [-0.4, -0.2) is 99.6 Å². The number of ether oxygens (including phenoxy) is 3. The molecule has 1 aliphatic heterocycles. The van der Waals surface area contributed by atoms with Gasteiger partial charge in [-0.15, -0.1) is 0 Å². The van der Waals surface area contributed by atoms with Crippen molar-refractivity contribution in [2.45, 2.75) is 294 Å². The maximum Gasteiger partial charge on any atom is 0.306 e. The topological polar surface area (TPSA) is 175 Å². The number of hydrogen-bond donors (Lipinski definition) is 6. The summed E-state index contributed by atoms with van der Waals surface area (Å²) in [6.07, 6.45) is 72.0. The molecular weight excluding hydrogens is 1040 g/mol. The molecule has 0 saturated carbocycles. The van der Waals surface area contributed by atoms with Crippen molar-refractivity contribution in [3.63, 3.8) is 0 Å². The first-order valence-corrected chi connectivity index (χ1v) is 33.0. The first kappa shape index (κ1) is 76.8. The van der Waals surface area contributed by atoms with Gasteiger partial charge >= 0.3 is 5.97 Å². The van der Waals surface area contributed by atoms with Crippen molar-refractivity contribution in [3.05, 3.63) is 134 Å². The minimum atomic E-state index is -1.63. The Hall–Kier alpha value is -4.20. The monoisotopic (exact) mass is 1160 g/mol. The number of esters is 1. The van der Waals surface area contributed by atoms with Gasteiger partial charge in [0.15, 0.2) is 12.4 Å². The molecule has 0 aromatic carbocycles. The number of aliphatic hydroxyl groups is 5. The van der Waals surface area contributed by atoms with Crippen LogP contribution in [0.5, 0.6) is 0 Å². The van der Waals surface area contributed by atoms with Crippen molar-refractivity contribution in [2.75, 3.05) is 13.2 Å². The Morgan fingerprint density at radius 2 is 0.867 bits per heavy atom. The van der Waals surface area contributed by atoms with Crippen LogP contribution >= 0.6 is 0 Å². The van der Waals surface area contributed by atoms with E-state index in [-0.39, 0.29) is 19.4 Å². The lowest BCUT2D eigenvalue weighted by molar-refractivity contribution is -0.305. The summed E-state index contributed by atoms with van der Waals surface area (Å²) < 4.78 is 17.6. The molecule has 0 aliphatic carbocycles. The highest BCUT2D eigenvalue weighted by molar-refractivity contribution is 5.80. The van der Waals surface area contributed by atoms with Gasteiger partial charge in [0, 0.05) is 6.42 Å². The molecule has 472 valence electrons. The number of amides is 1. The fourth-order valence-electron chi connectivity index (χ4n) is 9.41. The van der Waals surface area contributed by atoms with Crippen LogP contribution in [0.2, 0.25) is 0 Å². The quantitative estimate of drug-likeness (QED) is 0.0195. The minimum absolute atomic E-state index is 0.104. The number of unbranched alkanes of at least 4 members (excludes halogenated alkanes) is 20. The summed E-state index contributed by atoms with van der Waals surface area (Å²) >= 11 is 0. The third-order valence-electron chi connectivity index (χ3n) is 14.5. The van der Waals surface area contributed by atoms with Crippen LogP contribution in [0.3, 0.4) is 0 Å². The van der Waals surface area contributed by atoms with Crippen LogP contribution in [0, 0.1) is 0 Å². The molecule has 1 aliphatic rings. The molecule has 0 aromatic rings. The molecule has 1 saturated heterocycles. The fraction of sp³-hybridized carbons (Fsp3) is 0.667. The smallest absolute Gasteiger partial charge is 0.306 e. The molecule has 6 N–H and O–H groups in total. The number of rotatable bonds is 54. The molecule has 0 aromatic heterocycles. The zero-order valence-electron chi connectivity index (χ0n) is 52.3. The van der Waals surface area contributed by atoms with Crippen molar-refractivity contribution in [3.8, 4) is 0 Å². The van der Waals surface area contributed by atoms with Crippen LogP contribution in [0.1, 0.15) is 245 Å². The van der Waals surface area contributed by atoms with Crippen molar-refractivity contribution in [1.29, 1.82) is 0 Å². The fourth-order valence-corrected chi connectivity index (χ4v) is 9.41. The van der Waals surface area contributed by atoms with Crippen molar-refractivity contribution < 1.29 is 49.3 Å². The zero-order valence-corrected chi connectivity index (χ0v) is 52.3. The van der Waals surface area contributed by atoms with Gasteiger partial charge in [0.2, 0.25) is 5.91 Å². The van der Waals surface area contributed by atoms with Gasteiger partial charge < -0.3 is 45.1 Å². The molecular formula is C72H119NO10. The van der Waals surface area contributed by atoms with Gasteiger partial charge in [0.05, 0.1) is 25.4 Å². The highest BCUT2D eigenvalue weighted by atomic mass is 16.7. The van der Waals surface area contributed by atoms with Crippen LogP contribution in [0.4, 0.5) is 0 Å². The largest absolute Gasteiger partial charge is 0.454 e. The molecule has 11 heteroatoms. The van der Waals surface area contributed by atoms with E-state index in [1.54, 1.807) is 6.08 Å². The summed E-state index contributed by atoms with van der Waals surface area (Å²) in [5.74, 6) is -1.24. The summed E-state index contributed by atoms with van der Waals surface area (Å²) in [6, 6.07) is -1.05. The average molecular weight is 1160 g/mol. The van der Waals surface area contributed by atoms with Crippen LogP contribution in [-0.2, 0) is 23.8 Å². The molecule has 0 bridgehead atoms. The van der Waals surface area contributed by atoms with Gasteiger partial charge in [0.25, 0.3) is 0 Å². The molecule has 83 heavy (non-hydrogen) atoms. The van der Waals surface area contributed by atoms with E-state index in [1.807, 2.05) is 6.08 Å². The first-order chi connectivity index (χ1) is 40.7. The van der Waals surface area contributed by atoms with Gasteiger partial charge in [-0.25, -0.2) is 0 Å². The first-order valence-electron chi connectivity index (χ1n) is 33.0. The van der Waals surface area contributed by atoms with Gasteiger partial charge in [-0.2, -0.15) is 0 Å². The van der Waals surface area contributed by atoms with Crippen LogP contribution in [0.25, 0.3) is 0 Å². The standard InChI is InChI=1S/C72H119NO10/c1-4-7-10-13-16-19-22-24-26-28-30-31-32-33-34-35-36-38-40-42-45-48-51-54-57-60-67(77)83-70-69(79)68(78)66(61-74)82-72(70)81-62-63(64(75)58-55-52-49-46-43-21-18-15-12-9-6-3)73-71(80)65(76)59-56-53-50-47-44-41-39-37-29-27-25-23-20-17-14-11-8-5-2/h7-8,10-11,16-17,19-20,24-27,30-31,33-34,37,39,44,47,55,58,63-66,68-70,72,74-76,78-79H,4-6,9,12-15,18,21-23,28-29,32,35-36,38,40-43,45-46,48-54,56-57,59-62H2,1-3H3,(H,73,80)/b10-7-,11-8-,19-16-,20-17-,26-24-,27-25-,31-30-,34-33-,39-37-,47-44-,58-55+. The molecule has 11 nitrogen and oxygen atoms in total. The van der Waals surface area contributed by atoms with Gasteiger partial charge in [-0.05, 0) is 116 Å². The number of aliphatic hydroxyl groups excluding tert-OH is 5. The van der Waals surface area contributed by atoms with Crippen molar-refractivity contribution in [1.82, 2.24) is 5.32 Å². The van der Waals surface area contributed by atoms with E-state index in [1.165, 1.54) is 64.2 Å². The normalized spacial score (nSPS) is 19.4. The summed E-state index contributed by atoms with van der Waals surface area (Å²) in [4.78, 5) is 26.6. The van der Waals surface area contributed by atoms with Crippen molar-refractivity contribution in [2.24, 2.45) is 0 Å². The maximum absolute atomic E-state index is 13.4. The Labute approximate surface area is 505 Å². The van der Waals surface area contributed by atoms with E-state index in [2.05, 4.69) is 148 Å². The van der Waals surface area contributed by atoms with E-state index in [4.69, 9.17) is 14.2 Å². The maximum atomic E-state index is 13.4. The summed E-state index contributed by atoms with van der Waals surface area (Å²) in [5, 5.41) is 57.0. The number of nitrogens with one attached hydrogen (secondary N) is 1. The number of allylic oxidation sites excluding steroid dienone is 21. The number of carbonyl (C=O) groups is 2. The number of carbonyl (C=O) groups excluding carboxylic acids is 2. The molecule has 1 fully saturated rings. The lowest BCUT2D eigenvalue weighted by Gasteiger charge is -2.41. The minimum Gasteiger partial charge on any atom is -0.454 e. The predicted octanol–water partition coefficient (Wildman–Crippen LogP) is 16.4. The Morgan fingerprint density at radius 3 is 1.30 bits per heavy atom. The lowest BCUT2D eigenvalue weighted by Crippen LogP contribution is -2.61. The lowest BCUT2D eigenvalue weighted by atomic mass is 9.99. The predicted molar refractivity (Wildman–Crippen MR) is 347 cm³/mol. The summed E-state index contributed by atoms with van der Waals surface area (Å²) in [6.45, 7) is 5.52. The third-order valence-corrected chi connectivity index (χ3v) is 14.5. The second kappa shape index (κ2) is 58.2. The molecule has 8 unspecified atom stereocenters. The number of hydrogen-bond acceptors (Lipinski definition) is 10. The average Bonchev–Trinajstić information content (AvgIpc) is 3.67. The van der Waals surface area contributed by atoms with Crippen LogP contribution in [0.15, 0.2) is 134 Å². The van der Waals surface area contributed by atoms with E-state index in [9.17, 15) is 35.1 Å². The van der Waals surface area contributed by atoms with E-state index in [0.717, 1.165) is 135 Å². The summed E-state index contributed by atoms with van der Waals surface area (Å²) in [5.41, 5.74) is 0.